The summed E-state index contributed by atoms with van der Waals surface area (Å²) in [6.07, 6.45) is 4.92. The summed E-state index contributed by atoms with van der Waals surface area (Å²) >= 11 is 0. The van der Waals surface area contributed by atoms with Gasteiger partial charge in [0.15, 0.2) is 0 Å². The zero-order valence-corrected chi connectivity index (χ0v) is 19.4. The molecule has 0 saturated heterocycles. The van der Waals surface area contributed by atoms with Crippen LogP contribution in [0.4, 0.5) is 15.8 Å². The molecule has 180 valence electrons. The fraction of sp³-hybridized carbons (Fsp3) is 0.348. The summed E-state index contributed by atoms with van der Waals surface area (Å²) < 4.78 is 20.1. The minimum absolute atomic E-state index is 0.0385. The van der Waals surface area contributed by atoms with Crippen molar-refractivity contribution in [1.29, 1.82) is 0 Å². The molecule has 10 nitrogen and oxygen atoms in total. The standard InChI is InChI=1S/C23H28FN7O3/c1-16-4-5-19(13-26-16)34-11-10-30(3)23(33)15-31-14-18(12-27-31)29-22(32)8-9-25-20-6-7-21(24)28-17(20)2/h4-7,12-14,25H,8-11,15H2,1-3H3,(H,29,32). The van der Waals surface area contributed by atoms with Gasteiger partial charge >= 0.3 is 0 Å². The van der Waals surface area contributed by atoms with Crippen molar-refractivity contribution in [2.45, 2.75) is 26.8 Å². The molecular weight excluding hydrogens is 441 g/mol. The lowest BCUT2D eigenvalue weighted by Gasteiger charge is -2.17. The number of nitrogens with one attached hydrogen (secondary N) is 2. The fourth-order valence-corrected chi connectivity index (χ4v) is 2.99. The van der Waals surface area contributed by atoms with Crippen molar-refractivity contribution < 1.29 is 18.7 Å². The van der Waals surface area contributed by atoms with Gasteiger partial charge in [-0.25, -0.2) is 4.98 Å². The third-order valence-electron chi connectivity index (χ3n) is 4.94. The van der Waals surface area contributed by atoms with E-state index in [9.17, 15) is 14.0 Å². The van der Waals surface area contributed by atoms with Gasteiger partial charge in [-0.1, -0.05) is 0 Å². The second-order valence-corrected chi connectivity index (χ2v) is 7.72. The highest BCUT2D eigenvalue weighted by Crippen LogP contribution is 2.12. The molecule has 11 heteroatoms. The summed E-state index contributed by atoms with van der Waals surface area (Å²) in [4.78, 5) is 34.1. The highest BCUT2D eigenvalue weighted by Gasteiger charge is 2.12. The molecular formula is C23H28FN7O3. The Labute approximate surface area is 197 Å². The van der Waals surface area contributed by atoms with Gasteiger partial charge in [0.25, 0.3) is 0 Å². The van der Waals surface area contributed by atoms with Gasteiger partial charge in [-0.05, 0) is 38.1 Å². The van der Waals surface area contributed by atoms with Crippen LogP contribution in [0.2, 0.25) is 0 Å². The van der Waals surface area contributed by atoms with Gasteiger partial charge in [-0.15, -0.1) is 0 Å². The van der Waals surface area contributed by atoms with Crippen molar-refractivity contribution in [2.75, 3.05) is 37.4 Å². The van der Waals surface area contributed by atoms with Crippen molar-refractivity contribution in [3.63, 3.8) is 0 Å². The Morgan fingerprint density at radius 1 is 1.18 bits per heavy atom. The maximum absolute atomic E-state index is 13.1. The molecule has 0 fully saturated rings. The van der Waals surface area contributed by atoms with E-state index >= 15 is 0 Å². The SMILES string of the molecule is Cc1ccc(OCCN(C)C(=O)Cn2cc(NC(=O)CCNc3ccc(F)nc3C)cn2)cn1. The molecule has 3 aromatic rings. The van der Waals surface area contributed by atoms with E-state index in [1.54, 1.807) is 37.3 Å². The topological polar surface area (TPSA) is 114 Å². The normalized spacial score (nSPS) is 10.6. The predicted molar refractivity (Wildman–Crippen MR) is 125 cm³/mol. The number of likely N-dealkylation sites (N-methyl/N-ethyl adjacent to an activating group) is 1. The van der Waals surface area contributed by atoms with E-state index in [0.29, 0.717) is 42.5 Å². The number of rotatable bonds is 11. The second-order valence-electron chi connectivity index (χ2n) is 7.72. The summed E-state index contributed by atoms with van der Waals surface area (Å²) in [6.45, 7) is 4.74. The van der Waals surface area contributed by atoms with E-state index in [4.69, 9.17) is 4.74 Å². The Bertz CT molecular complexity index is 1120. The third-order valence-corrected chi connectivity index (χ3v) is 4.94. The number of hydrogen-bond donors (Lipinski definition) is 2. The molecule has 0 unspecified atom stereocenters. The summed E-state index contributed by atoms with van der Waals surface area (Å²) in [5.41, 5.74) is 2.60. The number of ether oxygens (including phenoxy) is 1. The zero-order chi connectivity index (χ0) is 24.5. The lowest BCUT2D eigenvalue weighted by Crippen LogP contribution is -2.33. The molecule has 3 heterocycles. The number of aryl methyl sites for hydroxylation is 2. The number of anilines is 2. The van der Waals surface area contributed by atoms with E-state index < -0.39 is 5.95 Å². The first-order valence-electron chi connectivity index (χ1n) is 10.8. The van der Waals surface area contributed by atoms with Crippen molar-refractivity contribution >= 4 is 23.2 Å². The van der Waals surface area contributed by atoms with Gasteiger partial charge in [0.1, 0.15) is 18.9 Å². The number of carbonyl (C=O) groups excluding carboxylic acids is 2. The molecule has 0 spiro atoms. The van der Waals surface area contributed by atoms with Crippen LogP contribution in [-0.2, 0) is 16.1 Å². The molecule has 0 aliphatic heterocycles. The maximum atomic E-state index is 13.1. The van der Waals surface area contributed by atoms with Gasteiger partial charge < -0.3 is 20.3 Å². The quantitative estimate of drug-likeness (QED) is 0.415. The van der Waals surface area contributed by atoms with Crippen molar-refractivity contribution in [1.82, 2.24) is 24.6 Å². The number of nitrogens with zero attached hydrogens (tertiary/aromatic N) is 5. The average Bonchev–Trinajstić information content (AvgIpc) is 3.23. The van der Waals surface area contributed by atoms with Crippen LogP contribution in [0.15, 0.2) is 42.9 Å². The van der Waals surface area contributed by atoms with Gasteiger partial charge in [0, 0.05) is 31.9 Å². The Hall–Kier alpha value is -4.02. The molecule has 0 aliphatic rings. The Kier molecular flexibility index (Phi) is 8.49. The number of aromatic nitrogens is 4. The van der Waals surface area contributed by atoms with E-state index in [-0.39, 0.29) is 24.8 Å². The average molecular weight is 470 g/mol. The predicted octanol–water partition coefficient (Wildman–Crippen LogP) is 2.41. The lowest BCUT2D eigenvalue weighted by atomic mass is 10.3. The molecule has 2 amide bonds. The summed E-state index contributed by atoms with van der Waals surface area (Å²) in [7, 11) is 1.69. The Morgan fingerprint density at radius 3 is 2.74 bits per heavy atom. The number of carbonyl (C=O) groups is 2. The number of pyridine rings is 2. The number of hydrogen-bond acceptors (Lipinski definition) is 7. The molecule has 0 bridgehead atoms. The van der Waals surface area contributed by atoms with Gasteiger partial charge in [-0.3, -0.25) is 19.3 Å². The first kappa shape index (κ1) is 24.6. The first-order valence-corrected chi connectivity index (χ1v) is 10.8. The summed E-state index contributed by atoms with van der Waals surface area (Å²) in [5.74, 6) is -0.251. The van der Waals surface area contributed by atoms with Crippen LogP contribution in [0.25, 0.3) is 0 Å². The smallest absolute Gasteiger partial charge is 0.244 e. The van der Waals surface area contributed by atoms with Crippen LogP contribution in [0, 0.1) is 19.8 Å². The highest BCUT2D eigenvalue weighted by molar-refractivity contribution is 5.90. The Morgan fingerprint density at radius 2 is 2.00 bits per heavy atom. The minimum Gasteiger partial charge on any atom is -0.490 e. The monoisotopic (exact) mass is 469 g/mol. The molecule has 0 radical (unpaired) electrons. The van der Waals surface area contributed by atoms with E-state index in [1.807, 2.05) is 19.1 Å². The fourth-order valence-electron chi connectivity index (χ4n) is 2.99. The zero-order valence-electron chi connectivity index (χ0n) is 19.4. The van der Waals surface area contributed by atoms with E-state index in [1.165, 1.54) is 16.9 Å². The largest absolute Gasteiger partial charge is 0.490 e. The molecule has 3 aromatic heterocycles. The number of amides is 2. The maximum Gasteiger partial charge on any atom is 0.244 e. The molecule has 0 saturated carbocycles. The molecule has 0 aromatic carbocycles. The molecule has 3 rings (SSSR count). The Balaban J connectivity index is 1.37. The van der Waals surface area contributed by atoms with Crippen LogP contribution < -0.4 is 15.4 Å². The van der Waals surface area contributed by atoms with Crippen LogP contribution in [0.1, 0.15) is 17.8 Å². The van der Waals surface area contributed by atoms with Crippen molar-refractivity contribution in [3.8, 4) is 5.75 Å². The van der Waals surface area contributed by atoms with Crippen LogP contribution >= 0.6 is 0 Å². The van der Waals surface area contributed by atoms with Crippen LogP contribution in [0.3, 0.4) is 0 Å². The lowest BCUT2D eigenvalue weighted by molar-refractivity contribution is -0.131. The van der Waals surface area contributed by atoms with E-state index in [2.05, 4.69) is 25.7 Å². The summed E-state index contributed by atoms with van der Waals surface area (Å²) in [5, 5.41) is 9.93. The third kappa shape index (κ3) is 7.54. The van der Waals surface area contributed by atoms with Crippen LogP contribution in [0.5, 0.6) is 5.75 Å². The molecule has 0 atom stereocenters. The highest BCUT2D eigenvalue weighted by atomic mass is 19.1. The number of halogens is 1. The van der Waals surface area contributed by atoms with Crippen molar-refractivity contribution in [2.24, 2.45) is 0 Å². The first-order chi connectivity index (χ1) is 16.3. The second kappa shape index (κ2) is 11.7. The summed E-state index contributed by atoms with van der Waals surface area (Å²) in [6, 6.07) is 6.54. The van der Waals surface area contributed by atoms with Crippen molar-refractivity contribution in [3.05, 3.63) is 60.2 Å². The van der Waals surface area contributed by atoms with Crippen LogP contribution in [-0.4, -0.2) is 63.2 Å². The molecule has 34 heavy (non-hydrogen) atoms. The molecule has 0 aliphatic carbocycles. The van der Waals surface area contributed by atoms with Gasteiger partial charge in [-0.2, -0.15) is 9.49 Å². The van der Waals surface area contributed by atoms with Gasteiger partial charge in [0.05, 0.1) is 36.0 Å². The van der Waals surface area contributed by atoms with E-state index in [0.717, 1.165) is 5.69 Å². The molecule has 2 N–H and O–H groups in total. The minimum atomic E-state index is -0.546. The van der Waals surface area contributed by atoms with Gasteiger partial charge in [0.2, 0.25) is 17.8 Å².